The van der Waals surface area contributed by atoms with Crippen molar-refractivity contribution < 1.29 is 0 Å². The smallest absolute Gasteiger partial charge is 0.0286 e. The minimum absolute atomic E-state index is 0.975. The third-order valence-electron chi connectivity index (χ3n) is 5.66. The van der Waals surface area contributed by atoms with E-state index in [4.69, 9.17) is 0 Å². The van der Waals surface area contributed by atoms with Crippen molar-refractivity contribution in [1.29, 1.82) is 0 Å². The summed E-state index contributed by atoms with van der Waals surface area (Å²) < 4.78 is 0. The van der Waals surface area contributed by atoms with Crippen LogP contribution in [0.5, 0.6) is 0 Å². The summed E-state index contributed by atoms with van der Waals surface area (Å²) in [6.45, 7) is 9.28. The van der Waals surface area contributed by atoms with Gasteiger partial charge in [-0.3, -0.25) is 0 Å². The molecule has 2 atom stereocenters. The van der Waals surface area contributed by atoms with Crippen LogP contribution in [0, 0.1) is 11.8 Å². The van der Waals surface area contributed by atoms with Crippen molar-refractivity contribution in [3.63, 3.8) is 0 Å². The van der Waals surface area contributed by atoms with Crippen LogP contribution in [-0.2, 0) is 0 Å². The highest BCUT2D eigenvalue weighted by Crippen LogP contribution is 2.40. The van der Waals surface area contributed by atoms with Crippen LogP contribution in [-0.4, -0.2) is 0 Å². The van der Waals surface area contributed by atoms with Gasteiger partial charge >= 0.3 is 0 Å². The molecule has 1 rings (SSSR count). The minimum Gasteiger partial charge on any atom is -0.0917 e. The molecule has 128 valence electrons. The predicted octanol–water partition coefficient (Wildman–Crippen LogP) is 7.85. The molecule has 0 heteroatoms. The van der Waals surface area contributed by atoms with E-state index in [1.807, 2.05) is 5.57 Å². The molecule has 1 saturated carbocycles. The molecule has 2 unspecified atom stereocenters. The molecule has 0 amide bonds. The third kappa shape index (κ3) is 7.65. The molecule has 0 aliphatic heterocycles. The SMILES string of the molecule is CC=CCCC(C)=C(CCCCCCCC)CC1CCC1C. The van der Waals surface area contributed by atoms with Gasteiger partial charge in [-0.05, 0) is 64.2 Å². The van der Waals surface area contributed by atoms with E-state index in [1.165, 1.54) is 77.0 Å². The van der Waals surface area contributed by atoms with Crippen molar-refractivity contribution in [2.45, 2.75) is 105 Å². The van der Waals surface area contributed by atoms with Crippen LogP contribution in [0.2, 0.25) is 0 Å². The van der Waals surface area contributed by atoms with Gasteiger partial charge in [0.1, 0.15) is 0 Å². The summed E-state index contributed by atoms with van der Waals surface area (Å²) in [4.78, 5) is 0. The Kier molecular flexibility index (Phi) is 10.6. The lowest BCUT2D eigenvalue weighted by molar-refractivity contribution is 0.193. The molecule has 0 saturated heterocycles. The predicted molar refractivity (Wildman–Crippen MR) is 101 cm³/mol. The van der Waals surface area contributed by atoms with Gasteiger partial charge in [0.15, 0.2) is 0 Å². The van der Waals surface area contributed by atoms with Crippen LogP contribution in [0.3, 0.4) is 0 Å². The number of unbranched alkanes of at least 4 members (excludes halogenated alkanes) is 5. The molecule has 22 heavy (non-hydrogen) atoms. The van der Waals surface area contributed by atoms with Crippen molar-refractivity contribution in [2.24, 2.45) is 11.8 Å². The van der Waals surface area contributed by atoms with Gasteiger partial charge in [0.05, 0.1) is 0 Å². The normalized spacial score (nSPS) is 22.7. The monoisotopic (exact) mass is 304 g/mol. The second kappa shape index (κ2) is 12.0. The molecule has 1 aliphatic rings. The number of allylic oxidation sites excluding steroid dienone is 4. The van der Waals surface area contributed by atoms with E-state index in [9.17, 15) is 0 Å². The fourth-order valence-corrected chi connectivity index (χ4v) is 3.61. The van der Waals surface area contributed by atoms with E-state index >= 15 is 0 Å². The van der Waals surface area contributed by atoms with Crippen molar-refractivity contribution >= 4 is 0 Å². The summed E-state index contributed by atoms with van der Waals surface area (Å²) in [5, 5.41) is 0. The van der Waals surface area contributed by atoms with E-state index < -0.39 is 0 Å². The lowest BCUT2D eigenvalue weighted by atomic mass is 9.71. The molecule has 0 radical (unpaired) electrons. The van der Waals surface area contributed by atoms with Crippen molar-refractivity contribution in [1.82, 2.24) is 0 Å². The summed E-state index contributed by atoms with van der Waals surface area (Å²) in [7, 11) is 0. The maximum Gasteiger partial charge on any atom is -0.0286 e. The van der Waals surface area contributed by atoms with E-state index in [0.29, 0.717) is 0 Å². The maximum atomic E-state index is 2.45. The summed E-state index contributed by atoms with van der Waals surface area (Å²) >= 11 is 0. The van der Waals surface area contributed by atoms with Crippen LogP contribution in [0.4, 0.5) is 0 Å². The van der Waals surface area contributed by atoms with Gasteiger partial charge in [-0.25, -0.2) is 0 Å². The van der Waals surface area contributed by atoms with Gasteiger partial charge in [-0.1, -0.05) is 75.7 Å². The number of hydrogen-bond acceptors (Lipinski definition) is 0. The summed E-state index contributed by atoms with van der Waals surface area (Å²) in [5.41, 5.74) is 3.52. The van der Waals surface area contributed by atoms with Gasteiger partial charge in [0.25, 0.3) is 0 Å². The standard InChI is InChI=1S/C22H40/c1-5-7-9-10-11-13-15-21(18-22-17-16-20(22)4)19(3)14-12-8-6-2/h6,8,20,22H,5,7,9-18H2,1-4H3. The fourth-order valence-electron chi connectivity index (χ4n) is 3.61. The van der Waals surface area contributed by atoms with Gasteiger partial charge in [-0.2, -0.15) is 0 Å². The summed E-state index contributed by atoms with van der Waals surface area (Å²) in [6.07, 6.45) is 21.2. The van der Waals surface area contributed by atoms with Gasteiger partial charge < -0.3 is 0 Å². The zero-order valence-electron chi connectivity index (χ0n) is 15.8. The molecule has 0 N–H and O–H groups in total. The topological polar surface area (TPSA) is 0 Å². The molecule has 0 bridgehead atoms. The number of rotatable bonds is 12. The number of hydrogen-bond donors (Lipinski definition) is 0. The highest BCUT2D eigenvalue weighted by Gasteiger charge is 2.27. The van der Waals surface area contributed by atoms with Crippen LogP contribution >= 0.6 is 0 Å². The zero-order chi connectivity index (χ0) is 16.2. The molecule has 0 heterocycles. The first-order valence-electron chi connectivity index (χ1n) is 9.97. The van der Waals surface area contributed by atoms with E-state index in [1.54, 1.807) is 5.57 Å². The Balaban J connectivity index is 2.40. The Morgan fingerprint density at radius 1 is 1.00 bits per heavy atom. The first kappa shape index (κ1) is 19.5. The lowest BCUT2D eigenvalue weighted by Crippen LogP contribution is -2.23. The lowest BCUT2D eigenvalue weighted by Gasteiger charge is -2.35. The molecule has 1 fully saturated rings. The van der Waals surface area contributed by atoms with E-state index in [-0.39, 0.29) is 0 Å². The van der Waals surface area contributed by atoms with Gasteiger partial charge in [-0.15, -0.1) is 0 Å². The molecule has 0 aromatic heterocycles. The van der Waals surface area contributed by atoms with E-state index in [0.717, 1.165) is 11.8 Å². The van der Waals surface area contributed by atoms with Crippen molar-refractivity contribution in [2.75, 3.05) is 0 Å². The highest BCUT2D eigenvalue weighted by molar-refractivity contribution is 5.14. The third-order valence-corrected chi connectivity index (χ3v) is 5.66. The average molecular weight is 305 g/mol. The Morgan fingerprint density at radius 3 is 2.32 bits per heavy atom. The van der Waals surface area contributed by atoms with Crippen molar-refractivity contribution in [3.8, 4) is 0 Å². The summed E-state index contributed by atoms with van der Waals surface area (Å²) in [5.74, 6) is 1.97. The zero-order valence-corrected chi connectivity index (χ0v) is 15.8. The molecule has 0 nitrogen and oxygen atoms in total. The Bertz CT molecular complexity index is 334. The molecular formula is C22H40. The Labute approximate surface area is 140 Å². The van der Waals surface area contributed by atoms with Gasteiger partial charge in [0.2, 0.25) is 0 Å². The molecule has 1 aliphatic carbocycles. The van der Waals surface area contributed by atoms with Crippen LogP contribution in [0.15, 0.2) is 23.3 Å². The minimum atomic E-state index is 0.975. The van der Waals surface area contributed by atoms with Crippen molar-refractivity contribution in [3.05, 3.63) is 23.3 Å². The molecule has 0 aromatic rings. The van der Waals surface area contributed by atoms with Crippen LogP contribution < -0.4 is 0 Å². The Hall–Kier alpha value is -0.520. The fraction of sp³-hybridized carbons (Fsp3) is 0.818. The van der Waals surface area contributed by atoms with E-state index in [2.05, 4.69) is 39.8 Å². The second-order valence-corrected chi connectivity index (χ2v) is 7.53. The maximum absolute atomic E-state index is 2.45. The summed E-state index contributed by atoms with van der Waals surface area (Å²) in [6, 6.07) is 0. The Morgan fingerprint density at radius 2 is 1.73 bits per heavy atom. The average Bonchev–Trinajstić information content (AvgIpc) is 2.52. The first-order chi connectivity index (χ1) is 10.7. The van der Waals surface area contributed by atoms with Crippen LogP contribution in [0.25, 0.3) is 0 Å². The quantitative estimate of drug-likeness (QED) is 0.254. The van der Waals surface area contributed by atoms with Gasteiger partial charge in [0, 0.05) is 0 Å². The molecule has 0 spiro atoms. The second-order valence-electron chi connectivity index (χ2n) is 7.53. The molecular weight excluding hydrogens is 264 g/mol. The molecule has 0 aromatic carbocycles. The largest absolute Gasteiger partial charge is 0.0917 e. The van der Waals surface area contributed by atoms with Crippen LogP contribution in [0.1, 0.15) is 105 Å². The highest BCUT2D eigenvalue weighted by atomic mass is 14.3. The first-order valence-corrected chi connectivity index (χ1v) is 9.97.